The molecule has 37 heavy (non-hydrogen) atoms. The Labute approximate surface area is 221 Å². The van der Waals surface area contributed by atoms with Crippen LogP contribution in [-0.4, -0.2) is 69.5 Å². The van der Waals surface area contributed by atoms with Crippen molar-refractivity contribution in [2.45, 2.75) is 19.4 Å². The molecule has 1 atom stereocenters. The lowest BCUT2D eigenvalue weighted by Gasteiger charge is -2.40. The lowest BCUT2D eigenvalue weighted by molar-refractivity contribution is -0.128. The first-order valence-electron chi connectivity index (χ1n) is 12.4. The molecule has 0 radical (unpaired) electrons. The summed E-state index contributed by atoms with van der Waals surface area (Å²) in [7, 11) is 1.87. The van der Waals surface area contributed by atoms with E-state index in [-0.39, 0.29) is 17.9 Å². The Morgan fingerprint density at radius 2 is 1.84 bits per heavy atom. The van der Waals surface area contributed by atoms with Crippen molar-refractivity contribution >= 4 is 34.8 Å². The first kappa shape index (κ1) is 24.8. The molecule has 1 saturated heterocycles. The van der Waals surface area contributed by atoms with Gasteiger partial charge in [0.15, 0.2) is 5.84 Å². The van der Waals surface area contributed by atoms with Gasteiger partial charge in [-0.3, -0.25) is 19.3 Å². The predicted molar refractivity (Wildman–Crippen MR) is 145 cm³/mol. The number of amidine groups is 1. The average Bonchev–Trinajstić information content (AvgIpc) is 3.19. The molecule has 5 rings (SSSR count). The minimum atomic E-state index is -0.152. The SMILES string of the molecule is CC1CN(C(=O)c2cccc(-c3ccn(C)n3)c2)CCN1C(=O)C1=NCCC(c2cccc(Cl)c2)=CN1. The molecule has 3 heterocycles. The number of benzene rings is 2. The quantitative estimate of drug-likeness (QED) is 0.571. The van der Waals surface area contributed by atoms with Crippen LogP contribution in [0.3, 0.4) is 0 Å². The standard InChI is InChI=1S/C28H29ClN6O2/c1-19-18-34(27(36)22-7-3-6-21(15-22)25-10-12-33(2)32-25)13-14-35(19)28(37)26-30-11-9-23(17-31-26)20-5-4-8-24(29)16-20/h3-8,10,12,15-17,19H,9,11,13-14,18H2,1-2H3,(H,30,31). The molecular formula is C28H29ClN6O2. The maximum atomic E-state index is 13.3. The normalized spacial score (nSPS) is 18.0. The van der Waals surface area contributed by atoms with Gasteiger partial charge >= 0.3 is 0 Å². The van der Waals surface area contributed by atoms with Crippen LogP contribution in [0.4, 0.5) is 0 Å². The second-order valence-electron chi connectivity index (χ2n) is 9.36. The molecule has 0 aliphatic carbocycles. The molecule has 190 valence electrons. The van der Waals surface area contributed by atoms with E-state index in [1.807, 2.05) is 85.9 Å². The number of aromatic nitrogens is 2. The van der Waals surface area contributed by atoms with E-state index < -0.39 is 0 Å². The van der Waals surface area contributed by atoms with Gasteiger partial charge in [-0.25, -0.2) is 0 Å². The number of piperazine rings is 1. The van der Waals surface area contributed by atoms with Gasteiger partial charge in [-0.05, 0) is 54.8 Å². The van der Waals surface area contributed by atoms with Crippen LogP contribution in [0.15, 0.2) is 72.0 Å². The monoisotopic (exact) mass is 516 g/mol. The molecule has 1 N–H and O–H groups in total. The lowest BCUT2D eigenvalue weighted by Crippen LogP contribution is -2.57. The van der Waals surface area contributed by atoms with Crippen LogP contribution in [0.2, 0.25) is 5.02 Å². The maximum Gasteiger partial charge on any atom is 0.289 e. The van der Waals surface area contributed by atoms with Crippen LogP contribution in [0.25, 0.3) is 16.8 Å². The van der Waals surface area contributed by atoms with Crippen LogP contribution >= 0.6 is 11.6 Å². The van der Waals surface area contributed by atoms with Crippen molar-refractivity contribution in [1.29, 1.82) is 0 Å². The fourth-order valence-electron chi connectivity index (χ4n) is 4.75. The lowest BCUT2D eigenvalue weighted by atomic mass is 10.0. The van der Waals surface area contributed by atoms with Gasteiger partial charge in [0.2, 0.25) is 0 Å². The molecule has 8 nitrogen and oxygen atoms in total. The molecule has 9 heteroatoms. The van der Waals surface area contributed by atoms with Crippen LogP contribution in [0, 0.1) is 0 Å². The third kappa shape index (κ3) is 5.44. The number of carbonyl (C=O) groups excluding carboxylic acids is 2. The molecule has 2 aromatic carbocycles. The first-order chi connectivity index (χ1) is 17.9. The van der Waals surface area contributed by atoms with E-state index in [0.29, 0.717) is 49.0 Å². The Bertz CT molecular complexity index is 1390. The van der Waals surface area contributed by atoms with Gasteiger partial charge < -0.3 is 15.1 Å². The van der Waals surface area contributed by atoms with Crippen molar-refractivity contribution in [2.24, 2.45) is 12.0 Å². The number of rotatable bonds is 4. The van der Waals surface area contributed by atoms with Gasteiger partial charge in [0.1, 0.15) is 0 Å². The number of nitrogens with one attached hydrogen (secondary N) is 1. The second-order valence-corrected chi connectivity index (χ2v) is 9.80. The van der Waals surface area contributed by atoms with Gasteiger partial charge in [-0.15, -0.1) is 0 Å². The van der Waals surface area contributed by atoms with E-state index in [4.69, 9.17) is 11.6 Å². The first-order valence-corrected chi connectivity index (χ1v) is 12.7. The van der Waals surface area contributed by atoms with Crippen molar-refractivity contribution in [3.63, 3.8) is 0 Å². The predicted octanol–water partition coefficient (Wildman–Crippen LogP) is 3.85. The largest absolute Gasteiger partial charge is 0.342 e. The molecule has 0 saturated carbocycles. The molecular weight excluding hydrogens is 488 g/mol. The number of amides is 2. The zero-order valence-corrected chi connectivity index (χ0v) is 21.7. The van der Waals surface area contributed by atoms with Gasteiger partial charge in [0, 0.05) is 67.8 Å². The molecule has 1 unspecified atom stereocenters. The summed E-state index contributed by atoms with van der Waals surface area (Å²) in [6.45, 7) is 3.82. The molecule has 1 fully saturated rings. The van der Waals surface area contributed by atoms with Crippen molar-refractivity contribution in [1.82, 2.24) is 24.9 Å². The number of hydrogen-bond acceptors (Lipinski definition) is 5. The smallest absolute Gasteiger partial charge is 0.289 e. The van der Waals surface area contributed by atoms with E-state index in [2.05, 4.69) is 15.4 Å². The van der Waals surface area contributed by atoms with Gasteiger partial charge in [0.05, 0.1) is 5.69 Å². The molecule has 1 aromatic heterocycles. The second kappa shape index (κ2) is 10.6. The minimum absolute atomic E-state index is 0.0456. The summed E-state index contributed by atoms with van der Waals surface area (Å²) < 4.78 is 1.74. The number of aryl methyl sites for hydroxylation is 1. The summed E-state index contributed by atoms with van der Waals surface area (Å²) >= 11 is 6.14. The Morgan fingerprint density at radius 3 is 2.59 bits per heavy atom. The molecule has 0 spiro atoms. The zero-order chi connectivity index (χ0) is 25.9. The van der Waals surface area contributed by atoms with Crippen LogP contribution in [-0.2, 0) is 11.8 Å². The third-order valence-electron chi connectivity index (χ3n) is 6.73. The highest BCUT2D eigenvalue weighted by molar-refractivity contribution is 6.38. The van der Waals surface area contributed by atoms with E-state index >= 15 is 0 Å². The summed E-state index contributed by atoms with van der Waals surface area (Å²) in [6, 6.07) is 17.0. The summed E-state index contributed by atoms with van der Waals surface area (Å²) in [4.78, 5) is 34.7. The minimum Gasteiger partial charge on any atom is -0.342 e. The van der Waals surface area contributed by atoms with Gasteiger partial charge in [0.25, 0.3) is 11.8 Å². The molecule has 0 bridgehead atoms. The van der Waals surface area contributed by atoms with Gasteiger partial charge in [-0.2, -0.15) is 5.10 Å². The zero-order valence-electron chi connectivity index (χ0n) is 20.9. The fraction of sp³-hybridized carbons (Fsp3) is 0.286. The highest BCUT2D eigenvalue weighted by atomic mass is 35.5. The van der Waals surface area contributed by atoms with Crippen LogP contribution in [0.1, 0.15) is 29.3 Å². The van der Waals surface area contributed by atoms with Crippen LogP contribution < -0.4 is 5.32 Å². The Hall–Kier alpha value is -3.91. The molecule has 3 aromatic rings. The summed E-state index contributed by atoms with van der Waals surface area (Å²) in [5.41, 5.74) is 4.40. The molecule has 2 amide bonds. The number of aliphatic imine (C=N–C) groups is 1. The van der Waals surface area contributed by atoms with Crippen LogP contribution in [0.5, 0.6) is 0 Å². The summed E-state index contributed by atoms with van der Waals surface area (Å²) in [5, 5.41) is 8.22. The average molecular weight is 517 g/mol. The Morgan fingerprint density at radius 1 is 1.03 bits per heavy atom. The number of halogens is 1. The molecule has 2 aliphatic rings. The number of hydrogen-bond donors (Lipinski definition) is 1. The van der Waals surface area contributed by atoms with Crippen molar-refractivity contribution in [3.05, 3.63) is 83.1 Å². The fourth-order valence-corrected chi connectivity index (χ4v) is 4.94. The number of carbonyl (C=O) groups is 2. The van der Waals surface area contributed by atoms with E-state index in [0.717, 1.165) is 22.4 Å². The van der Waals surface area contributed by atoms with Crippen molar-refractivity contribution in [3.8, 4) is 11.3 Å². The highest BCUT2D eigenvalue weighted by Gasteiger charge is 2.32. The maximum absolute atomic E-state index is 13.3. The topological polar surface area (TPSA) is 82.8 Å². The number of nitrogens with zero attached hydrogens (tertiary/aromatic N) is 5. The van der Waals surface area contributed by atoms with Crippen molar-refractivity contribution in [2.75, 3.05) is 26.2 Å². The highest BCUT2D eigenvalue weighted by Crippen LogP contribution is 2.23. The molecule has 2 aliphatic heterocycles. The Balaban J connectivity index is 1.23. The third-order valence-corrected chi connectivity index (χ3v) is 6.96. The van der Waals surface area contributed by atoms with E-state index in [1.54, 1.807) is 9.58 Å². The summed E-state index contributed by atoms with van der Waals surface area (Å²) in [6.07, 6.45) is 4.43. The van der Waals surface area contributed by atoms with Crippen molar-refractivity contribution < 1.29 is 9.59 Å². The Kier molecular flexibility index (Phi) is 7.10. The van der Waals surface area contributed by atoms with Gasteiger partial charge in [-0.1, -0.05) is 35.9 Å². The van der Waals surface area contributed by atoms with E-state index in [9.17, 15) is 9.59 Å². The van der Waals surface area contributed by atoms with E-state index in [1.165, 1.54) is 0 Å². The summed E-state index contributed by atoms with van der Waals surface area (Å²) in [5.74, 6) is 0.128.